The molecule has 1 aliphatic heterocycles. The Bertz CT molecular complexity index is 1580. The van der Waals surface area contributed by atoms with Crippen LogP contribution in [0.5, 0.6) is 11.5 Å². The van der Waals surface area contributed by atoms with E-state index < -0.39 is 35.6 Å². The lowest BCUT2D eigenvalue weighted by molar-refractivity contribution is -0.274. The minimum Gasteiger partial charge on any atom is -0.503 e. The number of furan rings is 1. The van der Waals surface area contributed by atoms with Crippen molar-refractivity contribution in [2.24, 2.45) is 0 Å². The van der Waals surface area contributed by atoms with Gasteiger partial charge in [0.15, 0.2) is 22.9 Å². The number of hydrogen-bond acceptors (Lipinski definition) is 6. The first-order valence-electron chi connectivity index (χ1n) is 11.1. The molecule has 11 heteroatoms. The highest BCUT2D eigenvalue weighted by atomic mass is 35.5. The second kappa shape index (κ2) is 9.46. The fraction of sp³-hybridized carbons (Fsp3) is 0.111. The topological polar surface area (TPSA) is 89.2 Å². The van der Waals surface area contributed by atoms with Crippen molar-refractivity contribution < 1.29 is 41.8 Å². The summed E-state index contributed by atoms with van der Waals surface area (Å²) < 4.78 is 52.7. The summed E-state index contributed by atoms with van der Waals surface area (Å²) in [6.45, 7) is 0. The Morgan fingerprint density at radius 2 is 1.74 bits per heavy atom. The van der Waals surface area contributed by atoms with Gasteiger partial charge in [-0.25, -0.2) is 0 Å². The van der Waals surface area contributed by atoms with Crippen molar-refractivity contribution in [1.29, 1.82) is 0 Å². The number of fused-ring (bicyclic) bond motifs is 1. The number of rotatable bonds is 6. The lowest BCUT2D eigenvalue weighted by atomic mass is 9.95. The number of nitrogens with zero attached hydrogens (tertiary/aromatic N) is 1. The minimum atomic E-state index is -4.89. The number of hydrogen-bond donors (Lipinski definition) is 1. The molecule has 4 aromatic rings. The van der Waals surface area contributed by atoms with E-state index in [1.54, 1.807) is 36.4 Å². The molecule has 1 atom stereocenters. The number of carbonyl (C=O) groups excluding carboxylic acids is 2. The highest BCUT2D eigenvalue weighted by Crippen LogP contribution is 2.43. The van der Waals surface area contributed by atoms with Gasteiger partial charge in [-0.05, 0) is 42.0 Å². The van der Waals surface area contributed by atoms with Crippen molar-refractivity contribution in [2.45, 2.75) is 12.4 Å². The van der Waals surface area contributed by atoms with Crippen molar-refractivity contribution in [2.75, 3.05) is 12.0 Å². The Morgan fingerprint density at radius 3 is 2.37 bits per heavy atom. The van der Waals surface area contributed by atoms with E-state index in [2.05, 4.69) is 4.74 Å². The first kappa shape index (κ1) is 25.2. The smallest absolute Gasteiger partial charge is 0.503 e. The standard InChI is InChI=1S/C27H17ClF3NO6/c1-36-20-13-16(28)11-15-12-19(37-25(15)20)23(33)21-22(14-5-3-2-4-6-14)32(26(35)24(21)34)17-7-9-18(10-8-17)38-27(29,30)31/h2-13,22,34H,1H3. The Labute approximate surface area is 218 Å². The summed E-state index contributed by atoms with van der Waals surface area (Å²) in [5, 5.41) is 11.7. The quantitative estimate of drug-likeness (QED) is 0.270. The van der Waals surface area contributed by atoms with Crippen LogP contribution < -0.4 is 14.4 Å². The van der Waals surface area contributed by atoms with Gasteiger partial charge in [-0.15, -0.1) is 13.2 Å². The van der Waals surface area contributed by atoms with Crippen LogP contribution in [0.1, 0.15) is 22.2 Å². The highest BCUT2D eigenvalue weighted by Gasteiger charge is 2.45. The van der Waals surface area contributed by atoms with E-state index in [1.807, 2.05) is 0 Å². The van der Waals surface area contributed by atoms with E-state index in [-0.39, 0.29) is 28.4 Å². The Morgan fingerprint density at radius 1 is 1.05 bits per heavy atom. The van der Waals surface area contributed by atoms with Gasteiger partial charge in [0.2, 0.25) is 5.78 Å². The maximum absolute atomic E-state index is 13.7. The number of Topliss-reactive ketones (excluding diaryl/α,β-unsaturated/α-hetero) is 1. The average Bonchev–Trinajstić information content (AvgIpc) is 3.42. The molecule has 1 aliphatic rings. The van der Waals surface area contributed by atoms with Crippen LogP contribution >= 0.6 is 11.6 Å². The highest BCUT2D eigenvalue weighted by molar-refractivity contribution is 6.31. The van der Waals surface area contributed by atoms with Crippen LogP contribution in [0.2, 0.25) is 5.02 Å². The van der Waals surface area contributed by atoms with E-state index in [1.165, 1.54) is 31.4 Å². The Hall–Kier alpha value is -4.44. The molecular weight excluding hydrogens is 527 g/mol. The Balaban J connectivity index is 1.59. The van der Waals surface area contributed by atoms with Crippen molar-refractivity contribution in [1.82, 2.24) is 0 Å². The fourth-order valence-corrected chi connectivity index (χ4v) is 4.56. The number of benzene rings is 3. The van der Waals surface area contributed by atoms with Crippen molar-refractivity contribution in [3.8, 4) is 11.5 Å². The molecule has 7 nitrogen and oxygen atoms in total. The van der Waals surface area contributed by atoms with Crippen molar-refractivity contribution >= 4 is 39.9 Å². The van der Waals surface area contributed by atoms with Gasteiger partial charge in [0.25, 0.3) is 5.91 Å². The summed E-state index contributed by atoms with van der Waals surface area (Å²) in [4.78, 5) is 28.1. The van der Waals surface area contributed by atoms with Gasteiger partial charge in [0.1, 0.15) is 5.75 Å². The molecule has 5 rings (SSSR count). The summed E-state index contributed by atoms with van der Waals surface area (Å²) in [6.07, 6.45) is -4.89. The third kappa shape index (κ3) is 4.54. The molecule has 0 spiro atoms. The van der Waals surface area contributed by atoms with E-state index >= 15 is 0 Å². The molecule has 1 aromatic heterocycles. The maximum atomic E-state index is 13.7. The van der Waals surface area contributed by atoms with Crippen molar-refractivity contribution in [3.05, 3.63) is 100 Å². The normalized spacial score (nSPS) is 15.9. The number of methoxy groups -OCH3 is 1. The first-order valence-corrected chi connectivity index (χ1v) is 11.4. The van der Waals surface area contributed by atoms with Crippen LogP contribution in [0.3, 0.4) is 0 Å². The van der Waals surface area contributed by atoms with Crippen LogP contribution in [0.4, 0.5) is 18.9 Å². The van der Waals surface area contributed by atoms with Gasteiger partial charge in [-0.2, -0.15) is 0 Å². The first-order chi connectivity index (χ1) is 18.1. The van der Waals surface area contributed by atoms with E-state index in [0.29, 0.717) is 16.0 Å². The lowest BCUT2D eigenvalue weighted by Gasteiger charge is -2.27. The van der Waals surface area contributed by atoms with Gasteiger partial charge in [0, 0.05) is 22.2 Å². The van der Waals surface area contributed by atoms with Crippen LogP contribution in [0.15, 0.2) is 88.5 Å². The molecule has 0 fully saturated rings. The van der Waals surface area contributed by atoms with Crippen LogP contribution in [0.25, 0.3) is 11.0 Å². The van der Waals surface area contributed by atoms with E-state index in [4.69, 9.17) is 20.8 Å². The number of alkyl halides is 3. The maximum Gasteiger partial charge on any atom is 0.573 e. The lowest BCUT2D eigenvalue weighted by Crippen LogP contribution is -2.31. The van der Waals surface area contributed by atoms with Gasteiger partial charge < -0.3 is 19.0 Å². The predicted molar refractivity (Wildman–Crippen MR) is 132 cm³/mol. The number of aliphatic hydroxyl groups excluding tert-OH is 1. The number of amides is 1. The van der Waals surface area contributed by atoms with E-state index in [9.17, 15) is 27.9 Å². The molecule has 0 radical (unpaired) electrons. The Kier molecular flexibility index (Phi) is 6.28. The van der Waals surface area contributed by atoms with E-state index in [0.717, 1.165) is 17.0 Å². The summed E-state index contributed by atoms with van der Waals surface area (Å²) in [7, 11) is 1.41. The summed E-state index contributed by atoms with van der Waals surface area (Å²) >= 11 is 6.12. The zero-order valence-electron chi connectivity index (χ0n) is 19.5. The molecular formula is C27H17ClF3NO6. The predicted octanol–water partition coefficient (Wildman–Crippen LogP) is 6.78. The molecule has 0 saturated heterocycles. The summed E-state index contributed by atoms with van der Waals surface area (Å²) in [6, 6.07) is 16.3. The van der Waals surface area contributed by atoms with Gasteiger partial charge >= 0.3 is 6.36 Å². The van der Waals surface area contributed by atoms with Crippen LogP contribution in [-0.2, 0) is 4.79 Å². The number of ether oxygens (including phenoxy) is 2. The zero-order chi connectivity index (χ0) is 27.2. The second-order valence-corrected chi connectivity index (χ2v) is 8.69. The van der Waals surface area contributed by atoms with Crippen LogP contribution in [-0.4, -0.2) is 30.3 Å². The summed E-state index contributed by atoms with van der Waals surface area (Å²) in [5.41, 5.74) is 0.588. The fourth-order valence-electron chi connectivity index (χ4n) is 4.34. The summed E-state index contributed by atoms with van der Waals surface area (Å²) in [5.74, 6) is -2.87. The molecule has 0 aliphatic carbocycles. The van der Waals surface area contributed by atoms with Gasteiger partial charge in [0.05, 0.1) is 18.7 Å². The minimum absolute atomic E-state index is 0.130. The number of aliphatic hydroxyl groups is 1. The average molecular weight is 544 g/mol. The second-order valence-electron chi connectivity index (χ2n) is 8.26. The number of ketones is 1. The van der Waals surface area contributed by atoms with Gasteiger partial charge in [-0.1, -0.05) is 41.9 Å². The molecule has 1 unspecified atom stereocenters. The molecule has 1 amide bonds. The third-order valence-electron chi connectivity index (χ3n) is 5.91. The zero-order valence-corrected chi connectivity index (χ0v) is 20.2. The molecule has 1 N–H and O–H groups in total. The molecule has 0 bridgehead atoms. The molecule has 3 aromatic carbocycles. The molecule has 0 saturated carbocycles. The third-order valence-corrected chi connectivity index (χ3v) is 6.13. The SMILES string of the molecule is COc1cc(Cl)cc2cc(C(=O)C3=C(O)C(=O)N(c4ccc(OC(F)(F)F)cc4)C3c3ccccc3)oc12. The molecule has 194 valence electrons. The molecule has 38 heavy (non-hydrogen) atoms. The van der Waals surface area contributed by atoms with Gasteiger partial charge in [-0.3, -0.25) is 14.5 Å². The largest absolute Gasteiger partial charge is 0.573 e. The van der Waals surface area contributed by atoms with Crippen LogP contribution in [0, 0.1) is 0 Å². The number of halogens is 4. The van der Waals surface area contributed by atoms with Crippen molar-refractivity contribution in [3.63, 3.8) is 0 Å². The monoisotopic (exact) mass is 543 g/mol. The number of anilines is 1. The molecule has 2 heterocycles. The number of carbonyl (C=O) groups is 2.